The Morgan fingerprint density at radius 1 is 1.14 bits per heavy atom. The van der Waals surface area contributed by atoms with E-state index in [1.807, 2.05) is 13.8 Å². The Hall–Kier alpha value is -1.47. The van der Waals surface area contributed by atoms with E-state index in [4.69, 9.17) is 4.74 Å². The number of hydrogen-bond donors (Lipinski definition) is 2. The predicted octanol–water partition coefficient (Wildman–Crippen LogP) is 2.57. The summed E-state index contributed by atoms with van der Waals surface area (Å²) in [5, 5.41) is 12.7. The first-order valence-corrected chi connectivity index (χ1v) is 6.64. The third-order valence-electron chi connectivity index (χ3n) is 2.44. The fraction of sp³-hybridized carbons (Fsp3) is 0.571. The summed E-state index contributed by atoms with van der Waals surface area (Å²) < 4.78 is 45.7. The lowest BCUT2D eigenvalue weighted by molar-refractivity contribution is -0.275. The molecule has 1 aromatic carbocycles. The molecule has 0 aromatic heterocycles. The second-order valence-corrected chi connectivity index (χ2v) is 5.01. The minimum absolute atomic E-state index is 0.0577. The van der Waals surface area contributed by atoms with Crippen LogP contribution >= 0.6 is 0 Å². The molecular weight excluding hydrogens is 287 g/mol. The van der Waals surface area contributed by atoms with E-state index in [0.29, 0.717) is 12.5 Å². The number of nitrogens with one attached hydrogen (secondary N) is 1. The lowest BCUT2D eigenvalue weighted by Gasteiger charge is -2.17. The highest BCUT2D eigenvalue weighted by Crippen LogP contribution is 2.31. The maximum absolute atomic E-state index is 12.2. The number of hydrogen-bond acceptors (Lipinski definition) is 4. The summed E-state index contributed by atoms with van der Waals surface area (Å²) in [5.74, 6) is -0.0379. The molecule has 7 heteroatoms. The van der Waals surface area contributed by atoms with Crippen molar-refractivity contribution in [2.75, 3.05) is 19.7 Å². The summed E-state index contributed by atoms with van der Waals surface area (Å²) in [6.07, 6.45) is -5.60. The average Bonchev–Trinajstić information content (AvgIpc) is 2.35. The Bertz CT molecular complexity index is 424. The molecule has 2 N–H and O–H groups in total. The molecule has 0 radical (unpaired) electrons. The van der Waals surface area contributed by atoms with Crippen molar-refractivity contribution in [2.45, 2.75) is 26.3 Å². The first kappa shape index (κ1) is 17.6. The van der Waals surface area contributed by atoms with Crippen LogP contribution in [0.1, 0.15) is 13.8 Å². The van der Waals surface area contributed by atoms with Crippen LogP contribution in [0, 0.1) is 5.92 Å². The van der Waals surface area contributed by atoms with Gasteiger partial charge in [-0.15, -0.1) is 13.2 Å². The molecule has 1 aromatic rings. The van der Waals surface area contributed by atoms with E-state index in [2.05, 4.69) is 10.1 Å². The predicted molar refractivity (Wildman–Crippen MR) is 72.3 cm³/mol. The molecule has 120 valence electrons. The maximum atomic E-state index is 12.2. The van der Waals surface area contributed by atoms with Gasteiger partial charge in [-0.3, -0.25) is 0 Å². The van der Waals surface area contributed by atoms with E-state index in [0.717, 1.165) is 12.6 Å². The molecule has 0 spiro atoms. The van der Waals surface area contributed by atoms with Crippen molar-refractivity contribution in [1.82, 2.24) is 5.32 Å². The Balaban J connectivity index is 2.47. The summed E-state index contributed by atoms with van der Waals surface area (Å²) in [5.41, 5.74) is 0. The van der Waals surface area contributed by atoms with Crippen molar-refractivity contribution in [1.29, 1.82) is 0 Å². The summed E-state index contributed by atoms with van der Waals surface area (Å²) >= 11 is 0. The molecule has 1 unspecified atom stereocenters. The molecule has 0 bridgehead atoms. The summed E-state index contributed by atoms with van der Waals surface area (Å²) in [6, 6.07) is 5.46. The van der Waals surface area contributed by atoms with Crippen molar-refractivity contribution in [3.63, 3.8) is 0 Å². The summed E-state index contributed by atoms with van der Waals surface area (Å²) in [7, 11) is 0. The smallest absolute Gasteiger partial charge is 0.487 e. The molecule has 1 rings (SSSR count). The van der Waals surface area contributed by atoms with Crippen molar-refractivity contribution in [3.8, 4) is 11.5 Å². The molecule has 0 fully saturated rings. The van der Waals surface area contributed by atoms with Gasteiger partial charge in [-0.25, -0.2) is 0 Å². The van der Waals surface area contributed by atoms with Crippen LogP contribution in [0.3, 0.4) is 0 Å². The van der Waals surface area contributed by atoms with Crippen molar-refractivity contribution < 1.29 is 27.8 Å². The van der Waals surface area contributed by atoms with E-state index >= 15 is 0 Å². The van der Waals surface area contributed by atoms with Crippen LogP contribution < -0.4 is 14.8 Å². The van der Waals surface area contributed by atoms with Gasteiger partial charge < -0.3 is 19.9 Å². The second-order valence-electron chi connectivity index (χ2n) is 5.01. The van der Waals surface area contributed by atoms with Gasteiger partial charge in [0.2, 0.25) is 0 Å². The molecule has 0 amide bonds. The van der Waals surface area contributed by atoms with E-state index in [-0.39, 0.29) is 12.4 Å². The normalized spacial score (nSPS) is 13.3. The Morgan fingerprint density at radius 2 is 1.76 bits per heavy atom. The van der Waals surface area contributed by atoms with Crippen LogP contribution in [0.5, 0.6) is 11.5 Å². The number of benzene rings is 1. The highest BCUT2D eigenvalue weighted by atomic mass is 19.4. The van der Waals surface area contributed by atoms with Gasteiger partial charge in [-0.2, -0.15) is 0 Å². The van der Waals surface area contributed by atoms with Crippen LogP contribution in [-0.2, 0) is 0 Å². The van der Waals surface area contributed by atoms with E-state index in [1.54, 1.807) is 0 Å². The van der Waals surface area contributed by atoms with Crippen LogP contribution in [0.15, 0.2) is 24.3 Å². The van der Waals surface area contributed by atoms with Gasteiger partial charge in [0.15, 0.2) is 11.5 Å². The highest BCUT2D eigenvalue weighted by Gasteiger charge is 2.32. The van der Waals surface area contributed by atoms with Crippen molar-refractivity contribution in [3.05, 3.63) is 24.3 Å². The lowest BCUT2D eigenvalue weighted by Crippen LogP contribution is -2.33. The average molecular weight is 307 g/mol. The van der Waals surface area contributed by atoms with E-state index in [1.165, 1.54) is 18.2 Å². The number of ether oxygens (including phenoxy) is 2. The van der Waals surface area contributed by atoms with Crippen LogP contribution in [0.2, 0.25) is 0 Å². The number of alkyl halides is 3. The Labute approximate surface area is 121 Å². The number of para-hydroxylation sites is 2. The lowest BCUT2D eigenvalue weighted by atomic mass is 10.2. The van der Waals surface area contributed by atoms with Gasteiger partial charge in [0.25, 0.3) is 0 Å². The fourth-order valence-corrected chi connectivity index (χ4v) is 1.56. The maximum Gasteiger partial charge on any atom is 0.573 e. The van der Waals surface area contributed by atoms with E-state index in [9.17, 15) is 18.3 Å². The monoisotopic (exact) mass is 307 g/mol. The van der Waals surface area contributed by atoms with Crippen LogP contribution in [-0.4, -0.2) is 37.3 Å². The zero-order valence-corrected chi connectivity index (χ0v) is 12.0. The zero-order chi connectivity index (χ0) is 15.9. The second kappa shape index (κ2) is 8.09. The standard InChI is InChI=1S/C14H20F3NO3/c1-10(2)7-18-8-11(19)9-20-12-5-3-4-6-13(12)21-14(15,16)17/h3-6,10-11,18-19H,7-9H2,1-2H3. The molecule has 0 aliphatic carbocycles. The topological polar surface area (TPSA) is 50.7 Å². The van der Waals surface area contributed by atoms with Crippen LogP contribution in [0.25, 0.3) is 0 Å². The van der Waals surface area contributed by atoms with Gasteiger partial charge >= 0.3 is 6.36 Å². The molecule has 0 saturated heterocycles. The number of halogens is 3. The summed E-state index contributed by atoms with van der Waals surface area (Å²) in [6.45, 7) is 4.98. The molecule has 0 aliphatic rings. The SMILES string of the molecule is CC(C)CNCC(O)COc1ccccc1OC(F)(F)F. The molecule has 0 saturated carbocycles. The summed E-state index contributed by atoms with van der Waals surface area (Å²) in [4.78, 5) is 0. The molecule has 1 atom stereocenters. The number of aliphatic hydroxyl groups is 1. The largest absolute Gasteiger partial charge is 0.573 e. The van der Waals surface area contributed by atoms with E-state index < -0.39 is 18.2 Å². The van der Waals surface area contributed by atoms with Crippen molar-refractivity contribution >= 4 is 0 Å². The van der Waals surface area contributed by atoms with Crippen molar-refractivity contribution in [2.24, 2.45) is 5.92 Å². The quantitative estimate of drug-likeness (QED) is 0.775. The fourth-order valence-electron chi connectivity index (χ4n) is 1.56. The molecule has 0 aliphatic heterocycles. The molecule has 0 heterocycles. The first-order chi connectivity index (χ1) is 9.78. The highest BCUT2D eigenvalue weighted by molar-refractivity contribution is 5.39. The van der Waals surface area contributed by atoms with Gasteiger partial charge in [0.1, 0.15) is 12.7 Å². The van der Waals surface area contributed by atoms with Gasteiger partial charge in [0, 0.05) is 6.54 Å². The van der Waals surface area contributed by atoms with Gasteiger partial charge in [-0.05, 0) is 24.6 Å². The molecular formula is C14H20F3NO3. The number of rotatable bonds is 8. The third kappa shape index (κ3) is 7.77. The zero-order valence-electron chi connectivity index (χ0n) is 12.0. The molecule has 4 nitrogen and oxygen atoms in total. The minimum Gasteiger partial charge on any atom is -0.487 e. The van der Waals surface area contributed by atoms with Crippen LogP contribution in [0.4, 0.5) is 13.2 Å². The molecule has 21 heavy (non-hydrogen) atoms. The van der Waals surface area contributed by atoms with Gasteiger partial charge in [-0.1, -0.05) is 26.0 Å². The van der Waals surface area contributed by atoms with Gasteiger partial charge in [0.05, 0.1) is 0 Å². The number of aliphatic hydroxyl groups excluding tert-OH is 1. The third-order valence-corrected chi connectivity index (χ3v) is 2.44. The Morgan fingerprint density at radius 3 is 2.33 bits per heavy atom. The first-order valence-electron chi connectivity index (χ1n) is 6.64. The minimum atomic E-state index is -4.78. The Kier molecular flexibility index (Phi) is 6.77.